The second-order valence-electron chi connectivity index (χ2n) is 6.12. The highest BCUT2D eigenvalue weighted by molar-refractivity contribution is 5.94. The first-order valence-electron chi connectivity index (χ1n) is 8.30. The number of carbonyl (C=O) groups excluding carboxylic acids is 2. The van der Waals surface area contributed by atoms with Crippen LogP contribution < -0.4 is 15.5 Å². The molecule has 0 radical (unpaired) electrons. The zero-order chi connectivity index (χ0) is 19.6. The van der Waals surface area contributed by atoms with E-state index in [1.807, 2.05) is 0 Å². The van der Waals surface area contributed by atoms with E-state index in [2.05, 4.69) is 15.7 Å². The van der Waals surface area contributed by atoms with Crippen LogP contribution in [0.4, 0.5) is 23.7 Å². The van der Waals surface area contributed by atoms with Gasteiger partial charge in [-0.1, -0.05) is 12.1 Å². The lowest BCUT2D eigenvalue weighted by molar-refractivity contribution is -0.142. The molecule has 0 saturated carbocycles. The number of nitrogens with zero attached hydrogens (tertiary/aromatic N) is 3. The SMILES string of the molecule is CC(C(=O)NCc1ccc(N2CCNC2=O)cc1)n1ccc(C(F)(F)F)n1. The minimum Gasteiger partial charge on any atom is -0.350 e. The van der Waals surface area contributed by atoms with Crippen molar-refractivity contribution in [3.8, 4) is 0 Å². The number of carbonyl (C=O) groups is 2. The van der Waals surface area contributed by atoms with Gasteiger partial charge in [0.1, 0.15) is 6.04 Å². The molecule has 1 atom stereocenters. The predicted molar refractivity (Wildman–Crippen MR) is 91.0 cm³/mol. The van der Waals surface area contributed by atoms with Crippen LogP contribution in [0, 0.1) is 0 Å². The molecule has 1 fully saturated rings. The second kappa shape index (κ2) is 7.29. The van der Waals surface area contributed by atoms with Crippen LogP contribution in [0.3, 0.4) is 0 Å². The lowest BCUT2D eigenvalue weighted by atomic mass is 10.2. The quantitative estimate of drug-likeness (QED) is 0.834. The molecule has 1 aliphatic rings. The molecule has 3 amide bonds. The van der Waals surface area contributed by atoms with Gasteiger partial charge in [-0.15, -0.1) is 0 Å². The van der Waals surface area contributed by atoms with E-state index in [4.69, 9.17) is 0 Å². The highest BCUT2D eigenvalue weighted by atomic mass is 19.4. The highest BCUT2D eigenvalue weighted by Crippen LogP contribution is 2.27. The first kappa shape index (κ1) is 18.7. The smallest absolute Gasteiger partial charge is 0.350 e. The Kier molecular flexibility index (Phi) is 5.06. The van der Waals surface area contributed by atoms with E-state index in [0.29, 0.717) is 13.1 Å². The molecule has 3 rings (SSSR count). The fourth-order valence-corrected chi connectivity index (χ4v) is 2.67. The van der Waals surface area contributed by atoms with Gasteiger partial charge in [-0.2, -0.15) is 18.3 Å². The Morgan fingerprint density at radius 1 is 1.30 bits per heavy atom. The fraction of sp³-hybridized carbons (Fsp3) is 0.353. The fourth-order valence-electron chi connectivity index (χ4n) is 2.67. The number of amides is 3. The maximum atomic E-state index is 12.6. The average molecular weight is 381 g/mol. The first-order valence-corrected chi connectivity index (χ1v) is 8.30. The van der Waals surface area contributed by atoms with Crippen LogP contribution in [0.25, 0.3) is 0 Å². The molecule has 10 heteroatoms. The van der Waals surface area contributed by atoms with Crippen LogP contribution in [-0.4, -0.2) is 34.8 Å². The van der Waals surface area contributed by atoms with Crippen molar-refractivity contribution >= 4 is 17.6 Å². The molecule has 144 valence electrons. The van der Waals surface area contributed by atoms with Gasteiger partial charge >= 0.3 is 12.2 Å². The summed E-state index contributed by atoms with van der Waals surface area (Å²) < 4.78 is 38.8. The normalized spacial score (nSPS) is 15.6. The molecule has 1 aromatic carbocycles. The average Bonchev–Trinajstić information content (AvgIpc) is 3.28. The van der Waals surface area contributed by atoms with Crippen LogP contribution in [0.2, 0.25) is 0 Å². The number of hydrogen-bond acceptors (Lipinski definition) is 3. The number of anilines is 1. The molecule has 27 heavy (non-hydrogen) atoms. The van der Waals surface area contributed by atoms with Crippen LogP contribution >= 0.6 is 0 Å². The van der Waals surface area contributed by atoms with Gasteiger partial charge in [0, 0.05) is 31.5 Å². The second-order valence-corrected chi connectivity index (χ2v) is 6.12. The summed E-state index contributed by atoms with van der Waals surface area (Å²) in [4.78, 5) is 25.4. The zero-order valence-corrected chi connectivity index (χ0v) is 14.5. The van der Waals surface area contributed by atoms with Crippen molar-refractivity contribution in [2.45, 2.75) is 25.7 Å². The molecular formula is C17H18F3N5O2. The van der Waals surface area contributed by atoms with E-state index in [9.17, 15) is 22.8 Å². The standard InChI is InChI=1S/C17H18F3N5O2/c1-11(25-8-6-14(23-25)17(18,19)20)15(26)22-10-12-2-4-13(5-3-12)24-9-7-21-16(24)27/h2-6,8,11H,7,9-10H2,1H3,(H,21,27)(H,22,26). The highest BCUT2D eigenvalue weighted by Gasteiger charge is 2.34. The molecule has 2 aromatic rings. The molecule has 2 N–H and O–H groups in total. The summed E-state index contributed by atoms with van der Waals surface area (Å²) in [6, 6.07) is 6.91. The van der Waals surface area contributed by atoms with Crippen molar-refractivity contribution < 1.29 is 22.8 Å². The van der Waals surface area contributed by atoms with Crippen LogP contribution in [0.1, 0.15) is 24.2 Å². The topological polar surface area (TPSA) is 79.3 Å². The Hall–Kier alpha value is -3.04. The van der Waals surface area contributed by atoms with Crippen LogP contribution in [0.5, 0.6) is 0 Å². The number of halogens is 3. The largest absolute Gasteiger partial charge is 0.435 e. The van der Waals surface area contributed by atoms with Crippen molar-refractivity contribution in [3.05, 3.63) is 47.8 Å². The predicted octanol–water partition coefficient (Wildman–Crippen LogP) is 2.31. The van der Waals surface area contributed by atoms with E-state index in [0.717, 1.165) is 28.2 Å². The third kappa shape index (κ3) is 4.21. The van der Waals surface area contributed by atoms with Crippen molar-refractivity contribution in [2.24, 2.45) is 0 Å². The zero-order valence-electron chi connectivity index (χ0n) is 14.5. The van der Waals surface area contributed by atoms with Gasteiger partial charge in [0.25, 0.3) is 0 Å². The maximum absolute atomic E-state index is 12.6. The third-order valence-electron chi connectivity index (χ3n) is 4.25. The Labute approximate surface area is 153 Å². The molecule has 1 unspecified atom stereocenters. The number of hydrogen-bond donors (Lipinski definition) is 2. The Morgan fingerprint density at radius 3 is 2.56 bits per heavy atom. The Bertz CT molecular complexity index is 832. The summed E-state index contributed by atoms with van der Waals surface area (Å²) in [5, 5.41) is 8.79. The Balaban J connectivity index is 1.57. The lowest BCUT2D eigenvalue weighted by Crippen LogP contribution is -2.31. The van der Waals surface area contributed by atoms with Gasteiger partial charge in [0.2, 0.25) is 5.91 Å². The molecule has 1 aliphatic heterocycles. The lowest BCUT2D eigenvalue weighted by Gasteiger charge is -2.15. The van der Waals surface area contributed by atoms with Crippen molar-refractivity contribution in [1.29, 1.82) is 0 Å². The minimum absolute atomic E-state index is 0.151. The van der Waals surface area contributed by atoms with Crippen molar-refractivity contribution in [2.75, 3.05) is 18.0 Å². The molecule has 0 spiro atoms. The summed E-state index contributed by atoms with van der Waals surface area (Å²) in [7, 11) is 0. The summed E-state index contributed by atoms with van der Waals surface area (Å²) in [6.07, 6.45) is -3.42. The maximum Gasteiger partial charge on any atom is 0.435 e. The number of benzene rings is 1. The van der Waals surface area contributed by atoms with E-state index < -0.39 is 23.8 Å². The van der Waals surface area contributed by atoms with E-state index in [-0.39, 0.29) is 12.6 Å². The van der Waals surface area contributed by atoms with Crippen molar-refractivity contribution in [1.82, 2.24) is 20.4 Å². The first-order chi connectivity index (χ1) is 12.8. The van der Waals surface area contributed by atoms with Crippen LogP contribution in [-0.2, 0) is 17.5 Å². The van der Waals surface area contributed by atoms with E-state index in [1.54, 1.807) is 29.2 Å². The van der Waals surface area contributed by atoms with Crippen molar-refractivity contribution in [3.63, 3.8) is 0 Å². The van der Waals surface area contributed by atoms with E-state index in [1.165, 1.54) is 6.92 Å². The molecule has 1 aromatic heterocycles. The van der Waals surface area contributed by atoms with Gasteiger partial charge < -0.3 is 10.6 Å². The molecule has 2 heterocycles. The molecule has 0 bridgehead atoms. The van der Waals surface area contributed by atoms with Gasteiger partial charge in [0.15, 0.2) is 5.69 Å². The Morgan fingerprint density at radius 2 is 2.00 bits per heavy atom. The van der Waals surface area contributed by atoms with Gasteiger partial charge in [0.05, 0.1) is 0 Å². The number of rotatable bonds is 5. The minimum atomic E-state index is -4.55. The molecular weight excluding hydrogens is 363 g/mol. The van der Waals surface area contributed by atoms with Gasteiger partial charge in [-0.05, 0) is 30.7 Å². The number of alkyl halides is 3. The summed E-state index contributed by atoms with van der Waals surface area (Å²) in [5.74, 6) is -0.449. The van der Waals surface area contributed by atoms with Gasteiger partial charge in [-0.25, -0.2) is 4.79 Å². The molecule has 1 saturated heterocycles. The number of aromatic nitrogens is 2. The van der Waals surface area contributed by atoms with Gasteiger partial charge in [-0.3, -0.25) is 14.4 Å². The van der Waals surface area contributed by atoms with Crippen LogP contribution in [0.15, 0.2) is 36.5 Å². The molecule has 7 nitrogen and oxygen atoms in total. The monoisotopic (exact) mass is 381 g/mol. The third-order valence-corrected chi connectivity index (χ3v) is 4.25. The number of urea groups is 1. The molecule has 0 aliphatic carbocycles. The summed E-state index contributed by atoms with van der Waals surface area (Å²) >= 11 is 0. The number of nitrogens with one attached hydrogen (secondary N) is 2. The summed E-state index contributed by atoms with van der Waals surface area (Å²) in [6.45, 7) is 2.87. The summed E-state index contributed by atoms with van der Waals surface area (Å²) in [5.41, 5.74) is 0.517. The van der Waals surface area contributed by atoms with E-state index >= 15 is 0 Å².